The first-order valence-electron chi connectivity index (χ1n) is 29.3. The Bertz CT molecular complexity index is 2410. The zero-order valence-corrected chi connectivity index (χ0v) is 52.7. The summed E-state index contributed by atoms with van der Waals surface area (Å²) in [5.41, 5.74) is 4.21. The number of ether oxygens (including phenoxy) is 5. The quantitative estimate of drug-likeness (QED) is 0.0303. The molecule has 0 atom stereocenters. The van der Waals surface area contributed by atoms with Crippen LogP contribution in [0, 0.1) is 0 Å². The molecule has 0 heterocycles. The third-order valence-corrected chi connectivity index (χ3v) is 12.3. The maximum absolute atomic E-state index is 12.0. The van der Waals surface area contributed by atoms with Gasteiger partial charge in [-0.1, -0.05) is 188 Å². The third kappa shape index (κ3) is 42.7. The third-order valence-electron chi connectivity index (χ3n) is 11.9. The fourth-order valence-electron chi connectivity index (χ4n) is 7.95. The molecule has 0 bridgehead atoms. The van der Waals surface area contributed by atoms with Gasteiger partial charge >= 0.3 is 35.8 Å². The van der Waals surface area contributed by atoms with E-state index in [1.807, 2.05) is 77.9 Å². The Balaban J connectivity index is -0.000000528. The molecule has 1 N–H and O–H groups in total. The van der Waals surface area contributed by atoms with Crippen molar-refractivity contribution in [1.29, 1.82) is 0 Å². The van der Waals surface area contributed by atoms with Crippen LogP contribution in [0.4, 0.5) is 0 Å². The molecule has 13 heteroatoms. The lowest BCUT2D eigenvalue weighted by Crippen LogP contribution is -2.22. The standard InChI is InChI=1S/C23H34O4.C22H32O4.C16H23ClO2.C7H12O2.3CH4/c1-6-7-8-9-10-11-12-18-13-15-20(22(25)26-5)19(17-18)14-16-21(24)27-23(2,3)4;1-5-6-7-8-9-10-11-17-12-14-19(21(24)25)18(16-17)13-15-20(23)26-22(2,3)4;1-3-4-5-6-7-8-9-13-10-11-14(15(17)12-13)16(18)19-2;1-5-6(8)9-7(2,3)4;;;/h13-17H,6-12H2,1-5H3;12-16H,5-11H2,1-4H3,(H,24,25);10-12H,3-9H2,1-2H3;5H,1H2,2-4H3;3*1H4/b16-14+;15-13+;;;;;. The molecule has 476 valence electrons. The van der Waals surface area contributed by atoms with Gasteiger partial charge < -0.3 is 28.8 Å². The van der Waals surface area contributed by atoms with E-state index in [1.165, 1.54) is 141 Å². The van der Waals surface area contributed by atoms with E-state index in [1.54, 1.807) is 45.0 Å². The maximum atomic E-state index is 12.0. The highest BCUT2D eigenvalue weighted by molar-refractivity contribution is 6.33. The minimum Gasteiger partial charge on any atom is -0.478 e. The van der Waals surface area contributed by atoms with Gasteiger partial charge in [-0.2, -0.15) is 0 Å². The van der Waals surface area contributed by atoms with Gasteiger partial charge in [0.15, 0.2) is 0 Å². The number of aromatic carboxylic acids is 1. The molecule has 0 saturated heterocycles. The summed E-state index contributed by atoms with van der Waals surface area (Å²) in [5, 5.41) is 9.84. The largest absolute Gasteiger partial charge is 0.478 e. The molecule has 0 aliphatic heterocycles. The van der Waals surface area contributed by atoms with Gasteiger partial charge in [-0.05, 0) is 165 Å². The molecule has 0 fully saturated rings. The Labute approximate surface area is 514 Å². The average Bonchev–Trinajstić information content (AvgIpc) is 3.41. The van der Waals surface area contributed by atoms with E-state index in [2.05, 4.69) is 32.1 Å². The van der Waals surface area contributed by atoms with Crippen molar-refractivity contribution in [3.63, 3.8) is 0 Å². The molecule has 3 rings (SSSR count). The van der Waals surface area contributed by atoms with Crippen LogP contribution < -0.4 is 0 Å². The number of carbonyl (C=O) groups is 6. The van der Waals surface area contributed by atoms with E-state index in [4.69, 9.17) is 30.5 Å². The first-order chi connectivity index (χ1) is 38.1. The van der Waals surface area contributed by atoms with Gasteiger partial charge in [0.1, 0.15) is 16.8 Å². The summed E-state index contributed by atoms with van der Waals surface area (Å²) in [6.07, 6.45) is 32.3. The number of carbonyl (C=O) groups excluding carboxylic acids is 5. The smallest absolute Gasteiger partial charge is 0.339 e. The number of rotatable bonds is 29. The van der Waals surface area contributed by atoms with Gasteiger partial charge in [-0.15, -0.1) is 0 Å². The Kier molecular flexibility index (Phi) is 47.5. The van der Waals surface area contributed by atoms with Crippen LogP contribution in [-0.4, -0.2) is 71.9 Å². The molecule has 3 aromatic rings. The lowest BCUT2D eigenvalue weighted by Gasteiger charge is -2.18. The first kappa shape index (κ1) is 84.4. The highest BCUT2D eigenvalue weighted by Crippen LogP contribution is 2.23. The van der Waals surface area contributed by atoms with Crippen LogP contribution in [0.2, 0.25) is 5.02 Å². The normalized spacial score (nSPS) is 10.8. The van der Waals surface area contributed by atoms with E-state index >= 15 is 0 Å². The number of unbranched alkanes of at least 4 members (excludes halogenated alkanes) is 15. The van der Waals surface area contributed by atoms with Crippen LogP contribution in [0.5, 0.6) is 0 Å². The van der Waals surface area contributed by atoms with Crippen LogP contribution in [0.15, 0.2) is 79.4 Å². The monoisotopic (exact) mass is 1190 g/mol. The molecule has 0 spiro atoms. The molecule has 0 aromatic heterocycles. The highest BCUT2D eigenvalue weighted by atomic mass is 35.5. The molecule has 84 heavy (non-hydrogen) atoms. The van der Waals surface area contributed by atoms with Crippen molar-refractivity contribution in [2.75, 3.05) is 14.2 Å². The number of aryl methyl sites for hydroxylation is 3. The summed E-state index contributed by atoms with van der Waals surface area (Å²) >= 11 is 6.08. The predicted molar refractivity (Wildman–Crippen MR) is 351 cm³/mol. The summed E-state index contributed by atoms with van der Waals surface area (Å²) < 4.78 is 24.9. The molecule has 0 saturated carbocycles. The fourth-order valence-corrected chi connectivity index (χ4v) is 8.23. The van der Waals surface area contributed by atoms with Crippen LogP contribution in [-0.2, 0) is 57.3 Å². The van der Waals surface area contributed by atoms with Crippen molar-refractivity contribution in [3.8, 4) is 0 Å². The van der Waals surface area contributed by atoms with Gasteiger partial charge in [-0.3, -0.25) is 0 Å². The topological polar surface area (TPSA) is 169 Å². The molecular formula is C71H113ClO12. The van der Waals surface area contributed by atoms with Crippen molar-refractivity contribution in [2.45, 2.75) is 257 Å². The van der Waals surface area contributed by atoms with Crippen LogP contribution in [0.25, 0.3) is 12.2 Å². The zero-order chi connectivity index (χ0) is 61.4. The van der Waals surface area contributed by atoms with Crippen LogP contribution in [0.3, 0.4) is 0 Å². The van der Waals surface area contributed by atoms with E-state index in [0.717, 1.165) is 49.3 Å². The molecule has 0 amide bonds. The summed E-state index contributed by atoms with van der Waals surface area (Å²) in [5.74, 6) is -3.07. The van der Waals surface area contributed by atoms with Crippen molar-refractivity contribution in [1.82, 2.24) is 0 Å². The number of esters is 5. The van der Waals surface area contributed by atoms with Crippen molar-refractivity contribution < 1.29 is 57.6 Å². The minimum atomic E-state index is -1.00. The Morgan fingerprint density at radius 3 is 1.06 bits per heavy atom. The van der Waals surface area contributed by atoms with Gasteiger partial charge in [0, 0.05) is 18.2 Å². The second kappa shape index (κ2) is 47.3. The lowest BCUT2D eigenvalue weighted by atomic mass is 9.99. The van der Waals surface area contributed by atoms with Crippen molar-refractivity contribution in [3.05, 3.63) is 129 Å². The summed E-state index contributed by atoms with van der Waals surface area (Å²) in [4.78, 5) is 69.1. The molecule has 0 aliphatic carbocycles. The van der Waals surface area contributed by atoms with Crippen molar-refractivity contribution >= 4 is 59.6 Å². The molecule has 12 nitrogen and oxygen atoms in total. The molecule has 0 radical (unpaired) electrons. The van der Waals surface area contributed by atoms with E-state index < -0.39 is 40.7 Å². The van der Waals surface area contributed by atoms with Gasteiger partial charge in [0.25, 0.3) is 0 Å². The second-order valence-corrected chi connectivity index (χ2v) is 23.4. The average molecular weight is 1190 g/mol. The number of carboxylic acid groups (broad SMARTS) is 1. The predicted octanol–water partition coefficient (Wildman–Crippen LogP) is 19.8. The Hall–Kier alpha value is -6.01. The molecule has 0 unspecified atom stereocenters. The number of carboxylic acids is 1. The number of hydrogen-bond acceptors (Lipinski definition) is 11. The Morgan fingerprint density at radius 2 is 0.750 bits per heavy atom. The number of benzene rings is 3. The number of halogens is 1. The van der Waals surface area contributed by atoms with Crippen LogP contribution >= 0.6 is 11.6 Å². The van der Waals surface area contributed by atoms with E-state index in [0.29, 0.717) is 27.3 Å². The zero-order valence-electron chi connectivity index (χ0n) is 52.0. The fraction of sp³-hybridized carbons (Fsp3) is 0.577. The van der Waals surface area contributed by atoms with E-state index in [9.17, 15) is 33.9 Å². The minimum absolute atomic E-state index is 0. The highest BCUT2D eigenvalue weighted by Gasteiger charge is 2.18. The van der Waals surface area contributed by atoms with Crippen LogP contribution in [0.1, 0.15) is 280 Å². The molecular weight excluding hydrogens is 1080 g/mol. The SMILES string of the molecule is C.C.C.C=CC(=O)OC(C)(C)C.CCCCCCCCc1ccc(C(=O)O)c(/C=C/C(=O)OC(C)(C)C)c1.CCCCCCCCc1ccc(C(=O)OC)c(/C=C/C(=O)OC(C)(C)C)c1.CCCCCCCCc1ccc(C(=O)OC)c(Cl)c1. The summed E-state index contributed by atoms with van der Waals surface area (Å²) in [6.45, 7) is 26.2. The lowest BCUT2D eigenvalue weighted by molar-refractivity contribution is -0.149. The summed E-state index contributed by atoms with van der Waals surface area (Å²) in [7, 11) is 2.72. The van der Waals surface area contributed by atoms with Crippen molar-refractivity contribution in [2.24, 2.45) is 0 Å². The number of methoxy groups -OCH3 is 2. The maximum Gasteiger partial charge on any atom is 0.339 e. The first-order valence-corrected chi connectivity index (χ1v) is 29.6. The van der Waals surface area contributed by atoms with Gasteiger partial charge in [0.2, 0.25) is 0 Å². The molecule has 3 aromatic carbocycles. The Morgan fingerprint density at radius 1 is 0.452 bits per heavy atom. The van der Waals surface area contributed by atoms with E-state index in [-0.39, 0.29) is 39.8 Å². The summed E-state index contributed by atoms with van der Waals surface area (Å²) in [6, 6.07) is 16.6. The number of hydrogen-bond donors (Lipinski definition) is 1. The van der Waals surface area contributed by atoms with Gasteiger partial charge in [-0.25, -0.2) is 28.8 Å². The second-order valence-electron chi connectivity index (χ2n) is 23.0. The molecule has 0 aliphatic rings. The van der Waals surface area contributed by atoms with Gasteiger partial charge in [0.05, 0.1) is 35.9 Å².